The molecule has 1 amide bonds. The van der Waals surface area contributed by atoms with Gasteiger partial charge >= 0.3 is 5.69 Å². The van der Waals surface area contributed by atoms with Gasteiger partial charge in [0.25, 0.3) is 0 Å². The lowest BCUT2D eigenvalue weighted by atomic mass is 9.99. The second-order valence-corrected chi connectivity index (χ2v) is 5.23. The average Bonchev–Trinajstić information content (AvgIpc) is 2.74. The summed E-state index contributed by atoms with van der Waals surface area (Å²) >= 11 is 0. The number of nitrogens with two attached hydrogens (primary N) is 2. The van der Waals surface area contributed by atoms with Crippen LogP contribution in [0.4, 0.5) is 5.69 Å². The number of nitro benzene ring substituents is 1. The van der Waals surface area contributed by atoms with Crippen LogP contribution in [0.15, 0.2) is 18.2 Å². The summed E-state index contributed by atoms with van der Waals surface area (Å²) in [6, 6.07) is 4.75. The molecule has 108 valence electrons. The van der Waals surface area contributed by atoms with Gasteiger partial charge in [0.1, 0.15) is 6.10 Å². The van der Waals surface area contributed by atoms with Crippen molar-refractivity contribution in [3.05, 3.63) is 33.9 Å². The standard InChI is InChI=1S/C13H17N3O4/c1-8-2-3-11(10(6-8)16(18)19)20-9-4-5-13(15,7-9)12(14)17/h2-3,6,9H,4-5,7,15H2,1H3,(H2,14,17). The quantitative estimate of drug-likeness (QED) is 0.629. The largest absolute Gasteiger partial charge is 0.483 e. The summed E-state index contributed by atoms with van der Waals surface area (Å²) < 4.78 is 5.64. The molecule has 2 atom stereocenters. The number of benzene rings is 1. The van der Waals surface area contributed by atoms with E-state index in [4.69, 9.17) is 16.2 Å². The van der Waals surface area contributed by atoms with E-state index in [1.807, 2.05) is 0 Å². The monoisotopic (exact) mass is 279 g/mol. The van der Waals surface area contributed by atoms with Gasteiger partial charge in [0, 0.05) is 12.5 Å². The molecule has 0 aliphatic heterocycles. The Morgan fingerprint density at radius 2 is 2.25 bits per heavy atom. The first-order chi connectivity index (χ1) is 9.32. The molecule has 1 saturated carbocycles. The van der Waals surface area contributed by atoms with Gasteiger partial charge in [0.15, 0.2) is 5.75 Å². The van der Waals surface area contributed by atoms with E-state index in [9.17, 15) is 14.9 Å². The maximum atomic E-state index is 11.3. The van der Waals surface area contributed by atoms with Crippen molar-refractivity contribution in [1.82, 2.24) is 0 Å². The number of ether oxygens (including phenoxy) is 1. The third-order valence-electron chi connectivity index (χ3n) is 3.60. The van der Waals surface area contributed by atoms with E-state index in [2.05, 4.69) is 0 Å². The van der Waals surface area contributed by atoms with Gasteiger partial charge < -0.3 is 16.2 Å². The van der Waals surface area contributed by atoms with Crippen molar-refractivity contribution in [2.75, 3.05) is 0 Å². The van der Waals surface area contributed by atoms with Crippen molar-refractivity contribution in [3.63, 3.8) is 0 Å². The molecule has 2 rings (SSSR count). The minimum absolute atomic E-state index is 0.0846. The first-order valence-corrected chi connectivity index (χ1v) is 6.32. The summed E-state index contributed by atoms with van der Waals surface area (Å²) in [7, 11) is 0. The number of hydrogen-bond donors (Lipinski definition) is 2. The van der Waals surface area contributed by atoms with E-state index in [0.717, 1.165) is 5.56 Å². The van der Waals surface area contributed by atoms with Crippen molar-refractivity contribution in [1.29, 1.82) is 0 Å². The molecule has 0 radical (unpaired) electrons. The van der Waals surface area contributed by atoms with Crippen LogP contribution in [0.1, 0.15) is 24.8 Å². The maximum absolute atomic E-state index is 11.3. The van der Waals surface area contributed by atoms with Gasteiger partial charge in [-0.15, -0.1) is 0 Å². The number of carbonyl (C=O) groups is 1. The van der Waals surface area contributed by atoms with E-state index < -0.39 is 16.4 Å². The number of hydrogen-bond acceptors (Lipinski definition) is 5. The van der Waals surface area contributed by atoms with Crippen molar-refractivity contribution >= 4 is 11.6 Å². The normalized spacial score (nSPS) is 25.4. The Hall–Kier alpha value is -2.15. The van der Waals surface area contributed by atoms with Gasteiger partial charge in [0.2, 0.25) is 5.91 Å². The fourth-order valence-electron chi connectivity index (χ4n) is 2.40. The van der Waals surface area contributed by atoms with Crippen LogP contribution < -0.4 is 16.2 Å². The smallest absolute Gasteiger partial charge is 0.311 e. The summed E-state index contributed by atoms with van der Waals surface area (Å²) in [6.45, 7) is 1.77. The van der Waals surface area contributed by atoms with Gasteiger partial charge in [-0.1, -0.05) is 6.07 Å². The molecule has 0 spiro atoms. The van der Waals surface area contributed by atoms with E-state index in [1.165, 1.54) is 6.07 Å². The number of nitro groups is 1. The summed E-state index contributed by atoms with van der Waals surface area (Å²) in [6.07, 6.45) is 0.902. The number of aryl methyl sites for hydroxylation is 1. The van der Waals surface area contributed by atoms with Crippen LogP contribution in [0.5, 0.6) is 5.75 Å². The third-order valence-corrected chi connectivity index (χ3v) is 3.60. The molecule has 1 aliphatic rings. The number of rotatable bonds is 4. The summed E-state index contributed by atoms with van der Waals surface area (Å²) in [4.78, 5) is 21.8. The molecule has 1 aromatic rings. The maximum Gasteiger partial charge on any atom is 0.311 e. The van der Waals surface area contributed by atoms with Crippen molar-refractivity contribution in [2.24, 2.45) is 11.5 Å². The second-order valence-electron chi connectivity index (χ2n) is 5.23. The Balaban J connectivity index is 2.16. The molecule has 7 heteroatoms. The highest BCUT2D eigenvalue weighted by Gasteiger charge is 2.42. The highest BCUT2D eigenvalue weighted by molar-refractivity contribution is 5.84. The fraction of sp³-hybridized carbons (Fsp3) is 0.462. The molecule has 0 bridgehead atoms. The van der Waals surface area contributed by atoms with Gasteiger partial charge in [0.05, 0.1) is 10.5 Å². The Morgan fingerprint density at radius 3 is 2.80 bits per heavy atom. The molecule has 7 nitrogen and oxygen atoms in total. The first-order valence-electron chi connectivity index (χ1n) is 6.32. The van der Waals surface area contributed by atoms with Crippen molar-refractivity contribution in [2.45, 2.75) is 37.8 Å². The van der Waals surface area contributed by atoms with Crippen molar-refractivity contribution < 1.29 is 14.5 Å². The molecule has 0 aromatic heterocycles. The lowest BCUT2D eigenvalue weighted by Gasteiger charge is -2.19. The Morgan fingerprint density at radius 1 is 1.55 bits per heavy atom. The summed E-state index contributed by atoms with van der Waals surface area (Å²) in [5, 5.41) is 11.0. The Kier molecular flexibility index (Phi) is 3.63. The van der Waals surface area contributed by atoms with Crippen LogP contribution >= 0.6 is 0 Å². The number of nitrogens with zero attached hydrogens (tertiary/aromatic N) is 1. The number of carbonyl (C=O) groups excluding carboxylic acids is 1. The minimum atomic E-state index is -1.08. The van der Waals surface area contributed by atoms with Crippen LogP contribution in [0, 0.1) is 17.0 Å². The molecule has 1 aliphatic carbocycles. The molecule has 1 fully saturated rings. The van der Waals surface area contributed by atoms with Crippen LogP contribution in [0.25, 0.3) is 0 Å². The lowest BCUT2D eigenvalue weighted by molar-refractivity contribution is -0.386. The van der Waals surface area contributed by atoms with Crippen LogP contribution in [-0.4, -0.2) is 22.5 Å². The molecule has 20 heavy (non-hydrogen) atoms. The van der Waals surface area contributed by atoms with E-state index in [-0.39, 0.29) is 24.0 Å². The zero-order chi connectivity index (χ0) is 14.9. The zero-order valence-corrected chi connectivity index (χ0v) is 11.2. The lowest BCUT2D eigenvalue weighted by Crippen LogP contribution is -2.50. The van der Waals surface area contributed by atoms with Gasteiger partial charge in [-0.2, -0.15) is 0 Å². The Bertz CT molecular complexity index is 561. The molecular formula is C13H17N3O4. The molecule has 4 N–H and O–H groups in total. The van der Waals surface area contributed by atoms with E-state index >= 15 is 0 Å². The SMILES string of the molecule is Cc1ccc(OC2CCC(N)(C(N)=O)C2)c([N+](=O)[O-])c1. The van der Waals surface area contributed by atoms with Crippen LogP contribution in [-0.2, 0) is 4.79 Å². The number of primary amides is 1. The summed E-state index contributed by atoms with van der Waals surface area (Å²) in [5.74, 6) is -0.374. The number of amides is 1. The van der Waals surface area contributed by atoms with Crippen LogP contribution in [0.2, 0.25) is 0 Å². The van der Waals surface area contributed by atoms with Crippen LogP contribution in [0.3, 0.4) is 0 Å². The third kappa shape index (κ3) is 2.72. The average molecular weight is 279 g/mol. The summed E-state index contributed by atoms with van der Waals surface area (Å²) in [5.41, 5.74) is 10.8. The first kappa shape index (κ1) is 14.3. The van der Waals surface area contributed by atoms with E-state index in [0.29, 0.717) is 12.8 Å². The van der Waals surface area contributed by atoms with Crippen molar-refractivity contribution in [3.8, 4) is 5.75 Å². The van der Waals surface area contributed by atoms with Gasteiger partial charge in [-0.05, 0) is 31.4 Å². The molecule has 0 saturated heterocycles. The second kappa shape index (κ2) is 5.09. The highest BCUT2D eigenvalue weighted by Crippen LogP contribution is 2.34. The van der Waals surface area contributed by atoms with E-state index in [1.54, 1.807) is 19.1 Å². The molecular weight excluding hydrogens is 262 g/mol. The minimum Gasteiger partial charge on any atom is -0.483 e. The highest BCUT2D eigenvalue weighted by atomic mass is 16.6. The predicted molar refractivity (Wildman–Crippen MR) is 72.2 cm³/mol. The zero-order valence-electron chi connectivity index (χ0n) is 11.2. The molecule has 1 aromatic carbocycles. The molecule has 2 unspecified atom stereocenters. The molecule has 0 heterocycles. The Labute approximate surface area is 116 Å². The predicted octanol–water partition coefficient (Wildman–Crippen LogP) is 1.02. The topological polar surface area (TPSA) is 121 Å². The fourth-order valence-corrected chi connectivity index (χ4v) is 2.40. The van der Waals surface area contributed by atoms with Gasteiger partial charge in [-0.25, -0.2) is 0 Å². The van der Waals surface area contributed by atoms with Gasteiger partial charge in [-0.3, -0.25) is 14.9 Å².